The third-order valence-electron chi connectivity index (χ3n) is 2.38. The maximum atomic E-state index is 11.9. The standard InChI is InChI=1S/C12H13N3O5S/c13-6-5-9-1-3-10(4-2-9)21(19,20)15-7-11(16)14-8-12(17)18/h1-4,15H,5,7-8H2,(H,14,16)(H,17,18). The van der Waals surface area contributed by atoms with Crippen molar-refractivity contribution in [3.05, 3.63) is 29.8 Å². The topological polar surface area (TPSA) is 136 Å². The minimum absolute atomic E-state index is 0.0461. The van der Waals surface area contributed by atoms with Gasteiger partial charge in [0.1, 0.15) is 6.54 Å². The van der Waals surface area contributed by atoms with E-state index in [4.69, 9.17) is 10.4 Å². The van der Waals surface area contributed by atoms with Crippen LogP contribution in [0.5, 0.6) is 0 Å². The van der Waals surface area contributed by atoms with E-state index in [1.54, 1.807) is 0 Å². The fraction of sp³-hybridized carbons (Fsp3) is 0.250. The summed E-state index contributed by atoms with van der Waals surface area (Å²) in [5.74, 6) is -1.97. The van der Waals surface area contributed by atoms with Crippen molar-refractivity contribution in [1.82, 2.24) is 10.0 Å². The molecule has 1 aromatic rings. The molecule has 21 heavy (non-hydrogen) atoms. The number of sulfonamides is 1. The Bertz CT molecular complexity index is 661. The zero-order chi connectivity index (χ0) is 15.9. The number of carbonyl (C=O) groups is 2. The fourth-order valence-corrected chi connectivity index (χ4v) is 2.34. The van der Waals surface area contributed by atoms with Crippen LogP contribution in [0.1, 0.15) is 5.56 Å². The fourth-order valence-electron chi connectivity index (χ4n) is 1.36. The lowest BCUT2D eigenvalue weighted by Gasteiger charge is -2.07. The molecule has 0 radical (unpaired) electrons. The largest absolute Gasteiger partial charge is 0.480 e. The van der Waals surface area contributed by atoms with Crippen LogP contribution < -0.4 is 10.0 Å². The van der Waals surface area contributed by atoms with Crippen molar-refractivity contribution in [3.8, 4) is 6.07 Å². The van der Waals surface area contributed by atoms with E-state index in [1.807, 2.05) is 11.4 Å². The molecule has 0 heterocycles. The summed E-state index contributed by atoms with van der Waals surface area (Å²) in [6.45, 7) is -1.14. The number of nitrogens with one attached hydrogen (secondary N) is 2. The van der Waals surface area contributed by atoms with Crippen molar-refractivity contribution < 1.29 is 23.1 Å². The molecule has 1 aromatic carbocycles. The highest BCUT2D eigenvalue weighted by atomic mass is 32.2. The molecule has 0 aliphatic rings. The number of amides is 1. The molecule has 0 aliphatic carbocycles. The smallest absolute Gasteiger partial charge is 0.322 e. The number of benzene rings is 1. The predicted molar refractivity (Wildman–Crippen MR) is 71.6 cm³/mol. The van der Waals surface area contributed by atoms with Gasteiger partial charge in [0.2, 0.25) is 15.9 Å². The van der Waals surface area contributed by atoms with Gasteiger partial charge in [-0.1, -0.05) is 12.1 Å². The van der Waals surface area contributed by atoms with Gasteiger partial charge in [-0.25, -0.2) is 13.1 Å². The number of carboxylic acids is 1. The van der Waals surface area contributed by atoms with E-state index in [0.717, 1.165) is 0 Å². The summed E-state index contributed by atoms with van der Waals surface area (Å²) in [5.41, 5.74) is 0.677. The van der Waals surface area contributed by atoms with Gasteiger partial charge in [-0.3, -0.25) is 9.59 Å². The van der Waals surface area contributed by atoms with Crippen molar-refractivity contribution in [2.24, 2.45) is 0 Å². The Labute approximate surface area is 121 Å². The maximum absolute atomic E-state index is 11.9. The highest BCUT2D eigenvalue weighted by Crippen LogP contribution is 2.10. The maximum Gasteiger partial charge on any atom is 0.322 e. The van der Waals surface area contributed by atoms with Gasteiger partial charge in [-0.05, 0) is 17.7 Å². The van der Waals surface area contributed by atoms with Crippen molar-refractivity contribution in [3.63, 3.8) is 0 Å². The molecule has 0 fully saturated rings. The van der Waals surface area contributed by atoms with Crippen LogP contribution in [-0.2, 0) is 26.0 Å². The van der Waals surface area contributed by atoms with Crippen molar-refractivity contribution in [2.45, 2.75) is 11.3 Å². The average molecular weight is 311 g/mol. The molecule has 0 aromatic heterocycles. The number of nitrogens with zero attached hydrogens (tertiary/aromatic N) is 1. The molecule has 0 saturated heterocycles. The molecule has 0 atom stereocenters. The molecule has 112 valence electrons. The van der Waals surface area contributed by atoms with Crippen LogP contribution in [0.3, 0.4) is 0 Å². The SMILES string of the molecule is N#CCc1ccc(S(=O)(=O)NCC(=O)NCC(=O)O)cc1. The van der Waals surface area contributed by atoms with E-state index in [1.165, 1.54) is 24.3 Å². The Morgan fingerprint density at radius 3 is 2.33 bits per heavy atom. The summed E-state index contributed by atoms with van der Waals surface area (Å²) in [6.07, 6.45) is 0.172. The summed E-state index contributed by atoms with van der Waals surface area (Å²) >= 11 is 0. The van der Waals surface area contributed by atoms with Crippen LogP contribution >= 0.6 is 0 Å². The Balaban J connectivity index is 2.63. The normalized spacial score (nSPS) is 10.6. The monoisotopic (exact) mass is 311 g/mol. The van der Waals surface area contributed by atoms with Crippen LogP contribution in [0.2, 0.25) is 0 Å². The molecule has 3 N–H and O–H groups in total. The number of nitriles is 1. The van der Waals surface area contributed by atoms with Crippen molar-refractivity contribution in [1.29, 1.82) is 5.26 Å². The zero-order valence-electron chi connectivity index (χ0n) is 10.9. The van der Waals surface area contributed by atoms with Gasteiger partial charge in [-0.15, -0.1) is 0 Å². The second-order valence-corrected chi connectivity index (χ2v) is 5.74. The molecule has 9 heteroatoms. The van der Waals surface area contributed by atoms with Gasteiger partial charge in [0.05, 0.1) is 23.9 Å². The molecule has 0 aliphatic heterocycles. The molecule has 8 nitrogen and oxygen atoms in total. The Hall–Kier alpha value is -2.44. The molecule has 0 bridgehead atoms. The Morgan fingerprint density at radius 2 is 1.81 bits per heavy atom. The number of hydrogen-bond donors (Lipinski definition) is 3. The number of aliphatic carboxylic acids is 1. The molecular weight excluding hydrogens is 298 g/mol. The molecule has 0 spiro atoms. The lowest BCUT2D eigenvalue weighted by molar-refractivity contribution is -0.137. The van der Waals surface area contributed by atoms with Gasteiger partial charge in [0, 0.05) is 0 Å². The van der Waals surface area contributed by atoms with E-state index < -0.39 is 35.0 Å². The van der Waals surface area contributed by atoms with E-state index >= 15 is 0 Å². The molecule has 0 saturated carbocycles. The summed E-state index contributed by atoms with van der Waals surface area (Å²) < 4.78 is 25.8. The van der Waals surface area contributed by atoms with E-state index in [9.17, 15) is 18.0 Å². The van der Waals surface area contributed by atoms with Gasteiger partial charge >= 0.3 is 5.97 Å². The molecule has 1 amide bonds. The first-order valence-corrected chi connectivity index (χ1v) is 7.27. The highest BCUT2D eigenvalue weighted by molar-refractivity contribution is 7.89. The Morgan fingerprint density at radius 1 is 1.19 bits per heavy atom. The van der Waals surface area contributed by atoms with Crippen molar-refractivity contribution in [2.75, 3.05) is 13.1 Å². The van der Waals surface area contributed by atoms with Gasteiger partial charge in [-0.2, -0.15) is 5.26 Å². The second kappa shape index (κ2) is 7.37. The lowest BCUT2D eigenvalue weighted by Crippen LogP contribution is -2.38. The first-order chi connectivity index (χ1) is 9.85. The summed E-state index contributed by atoms with van der Waals surface area (Å²) in [6, 6.07) is 7.59. The quantitative estimate of drug-likeness (QED) is 0.605. The van der Waals surface area contributed by atoms with E-state index in [-0.39, 0.29) is 11.3 Å². The minimum Gasteiger partial charge on any atom is -0.480 e. The number of rotatable bonds is 7. The average Bonchev–Trinajstić information content (AvgIpc) is 2.44. The van der Waals surface area contributed by atoms with E-state index in [0.29, 0.717) is 5.56 Å². The van der Waals surface area contributed by atoms with Crippen LogP contribution in [0.15, 0.2) is 29.2 Å². The van der Waals surface area contributed by atoms with Crippen LogP contribution in [0, 0.1) is 11.3 Å². The van der Waals surface area contributed by atoms with Gasteiger partial charge in [0.15, 0.2) is 0 Å². The first kappa shape index (κ1) is 16.6. The summed E-state index contributed by atoms with van der Waals surface area (Å²) in [5, 5.41) is 18.9. The number of carboxylic acid groups (broad SMARTS) is 1. The third kappa shape index (κ3) is 5.60. The zero-order valence-corrected chi connectivity index (χ0v) is 11.7. The van der Waals surface area contributed by atoms with Gasteiger partial charge < -0.3 is 10.4 Å². The van der Waals surface area contributed by atoms with Gasteiger partial charge in [0.25, 0.3) is 0 Å². The summed E-state index contributed by atoms with van der Waals surface area (Å²) in [7, 11) is -3.87. The van der Waals surface area contributed by atoms with Crippen LogP contribution in [-0.4, -0.2) is 38.5 Å². The first-order valence-electron chi connectivity index (χ1n) is 5.79. The van der Waals surface area contributed by atoms with E-state index in [2.05, 4.69) is 4.72 Å². The molecule has 1 rings (SSSR count). The van der Waals surface area contributed by atoms with Crippen LogP contribution in [0.4, 0.5) is 0 Å². The van der Waals surface area contributed by atoms with Crippen molar-refractivity contribution >= 4 is 21.9 Å². The predicted octanol–water partition coefficient (Wildman–Crippen LogP) is -0.768. The number of carbonyl (C=O) groups excluding carboxylic acids is 1. The number of hydrogen-bond acceptors (Lipinski definition) is 5. The molecular formula is C12H13N3O5S. The van der Waals surface area contributed by atoms with Crippen LogP contribution in [0.25, 0.3) is 0 Å². The minimum atomic E-state index is -3.87. The third-order valence-corrected chi connectivity index (χ3v) is 3.79. The second-order valence-electron chi connectivity index (χ2n) is 3.97. The lowest BCUT2D eigenvalue weighted by atomic mass is 10.2. The Kier molecular flexibility index (Phi) is 5.83. The summed E-state index contributed by atoms with van der Waals surface area (Å²) in [4.78, 5) is 21.4. The molecule has 0 unspecified atom stereocenters. The highest BCUT2D eigenvalue weighted by Gasteiger charge is 2.15.